The van der Waals surface area contributed by atoms with Crippen LogP contribution in [0.4, 0.5) is 4.79 Å². The number of nitrogens with one attached hydrogen (secondary N) is 1. The number of carboxylic acids is 1. The monoisotopic (exact) mass is 388 g/mol. The number of pyridine rings is 1. The maximum atomic E-state index is 12.4. The van der Waals surface area contributed by atoms with Gasteiger partial charge < -0.3 is 15.2 Å². The minimum absolute atomic E-state index is 0.0547. The van der Waals surface area contributed by atoms with Crippen molar-refractivity contribution in [2.24, 2.45) is 0 Å². The van der Waals surface area contributed by atoms with Gasteiger partial charge in [0.1, 0.15) is 6.61 Å². The first-order valence-corrected chi connectivity index (χ1v) is 9.37. The molecule has 0 bridgehead atoms. The summed E-state index contributed by atoms with van der Waals surface area (Å²) in [5.74, 6) is -1.08. The maximum Gasteiger partial charge on any atom is 0.407 e. The van der Waals surface area contributed by atoms with E-state index in [2.05, 4.69) is 22.4 Å². The number of carbonyl (C=O) groups is 2. The quantitative estimate of drug-likeness (QED) is 0.663. The van der Waals surface area contributed by atoms with Crippen molar-refractivity contribution in [3.8, 4) is 11.1 Å². The highest BCUT2D eigenvalue weighted by atomic mass is 16.5. The summed E-state index contributed by atoms with van der Waals surface area (Å²) in [6, 6.07) is 20.6. The van der Waals surface area contributed by atoms with Crippen LogP contribution in [-0.4, -0.2) is 28.8 Å². The van der Waals surface area contributed by atoms with Crippen LogP contribution in [0.1, 0.15) is 35.2 Å². The standard InChI is InChI=1S/C23H20N2O4/c26-22(27)13-21(20-11-5-6-12-24-20)25-23(28)29-14-19-17-9-3-1-7-15(17)16-8-2-4-10-18(16)19/h1-12,19,21H,13-14H2,(H,25,28)(H,26,27)/t21-/m1/s1. The fourth-order valence-electron chi connectivity index (χ4n) is 3.77. The number of nitrogens with zero attached hydrogens (tertiary/aromatic N) is 1. The molecule has 0 aliphatic heterocycles. The van der Waals surface area contributed by atoms with E-state index in [0.717, 1.165) is 22.3 Å². The Morgan fingerprint density at radius 3 is 2.17 bits per heavy atom. The van der Waals surface area contributed by atoms with Crippen LogP contribution >= 0.6 is 0 Å². The van der Waals surface area contributed by atoms with Crippen LogP contribution in [0.15, 0.2) is 72.9 Å². The molecular weight excluding hydrogens is 368 g/mol. The molecule has 1 aliphatic rings. The fourth-order valence-corrected chi connectivity index (χ4v) is 3.77. The molecule has 29 heavy (non-hydrogen) atoms. The Hall–Kier alpha value is -3.67. The van der Waals surface area contributed by atoms with Crippen LogP contribution in [0.25, 0.3) is 11.1 Å². The van der Waals surface area contributed by atoms with E-state index in [-0.39, 0.29) is 18.9 Å². The van der Waals surface area contributed by atoms with E-state index in [0.29, 0.717) is 5.69 Å². The molecule has 1 aromatic heterocycles. The first-order valence-electron chi connectivity index (χ1n) is 9.37. The Kier molecular flexibility index (Phi) is 5.24. The molecule has 6 heteroatoms. The van der Waals surface area contributed by atoms with Gasteiger partial charge in [-0.2, -0.15) is 0 Å². The number of carboxylic acid groups (broad SMARTS) is 1. The van der Waals surface area contributed by atoms with Gasteiger partial charge >= 0.3 is 12.1 Å². The van der Waals surface area contributed by atoms with Gasteiger partial charge in [0, 0.05) is 12.1 Å². The van der Waals surface area contributed by atoms with E-state index in [9.17, 15) is 9.59 Å². The lowest BCUT2D eigenvalue weighted by atomic mass is 9.98. The third kappa shape index (κ3) is 3.96. The first kappa shape index (κ1) is 18.7. The van der Waals surface area contributed by atoms with Gasteiger partial charge in [-0.05, 0) is 34.4 Å². The van der Waals surface area contributed by atoms with Crippen molar-refractivity contribution >= 4 is 12.1 Å². The molecule has 0 unspecified atom stereocenters. The zero-order valence-corrected chi connectivity index (χ0v) is 15.6. The molecule has 0 spiro atoms. The van der Waals surface area contributed by atoms with Crippen molar-refractivity contribution in [2.45, 2.75) is 18.4 Å². The number of hydrogen-bond acceptors (Lipinski definition) is 4. The summed E-state index contributed by atoms with van der Waals surface area (Å²) in [5.41, 5.74) is 5.01. The molecule has 1 aliphatic carbocycles. The molecule has 1 amide bonds. The highest BCUT2D eigenvalue weighted by molar-refractivity contribution is 5.79. The number of rotatable bonds is 6. The minimum Gasteiger partial charge on any atom is -0.481 e. The van der Waals surface area contributed by atoms with Crippen LogP contribution < -0.4 is 5.32 Å². The summed E-state index contributed by atoms with van der Waals surface area (Å²) in [6.45, 7) is 0.169. The molecule has 0 fully saturated rings. The zero-order valence-electron chi connectivity index (χ0n) is 15.6. The van der Waals surface area contributed by atoms with E-state index in [1.807, 2.05) is 36.4 Å². The second kappa shape index (κ2) is 8.14. The van der Waals surface area contributed by atoms with Gasteiger partial charge in [-0.3, -0.25) is 9.78 Å². The normalized spacial score (nSPS) is 13.2. The van der Waals surface area contributed by atoms with E-state index in [1.165, 1.54) is 0 Å². The summed E-state index contributed by atoms with van der Waals surface area (Å²) in [4.78, 5) is 27.8. The first-order chi connectivity index (χ1) is 14.1. The van der Waals surface area contributed by atoms with Gasteiger partial charge in [-0.1, -0.05) is 54.6 Å². The SMILES string of the molecule is O=C(O)C[C@@H](NC(=O)OCC1c2ccccc2-c2ccccc21)c1ccccn1. The Balaban J connectivity index is 1.47. The van der Waals surface area contributed by atoms with E-state index >= 15 is 0 Å². The van der Waals surface area contributed by atoms with Crippen LogP contribution in [0.2, 0.25) is 0 Å². The number of hydrogen-bond donors (Lipinski definition) is 2. The van der Waals surface area contributed by atoms with E-state index < -0.39 is 18.1 Å². The summed E-state index contributed by atoms with van der Waals surface area (Å²) in [5, 5.41) is 11.8. The minimum atomic E-state index is -1.03. The lowest BCUT2D eigenvalue weighted by Crippen LogP contribution is -2.32. The molecule has 2 N–H and O–H groups in total. The van der Waals surface area contributed by atoms with Crippen LogP contribution in [-0.2, 0) is 9.53 Å². The van der Waals surface area contributed by atoms with Gasteiger partial charge in [0.25, 0.3) is 0 Å². The van der Waals surface area contributed by atoms with Gasteiger partial charge in [-0.15, -0.1) is 0 Å². The highest BCUT2D eigenvalue weighted by Gasteiger charge is 2.29. The Labute approximate surface area is 168 Å². The van der Waals surface area contributed by atoms with Crippen LogP contribution in [0.3, 0.4) is 0 Å². The molecule has 1 atom stereocenters. The predicted molar refractivity (Wildman–Crippen MR) is 107 cm³/mol. The van der Waals surface area contributed by atoms with Gasteiger partial charge in [-0.25, -0.2) is 4.79 Å². The van der Waals surface area contributed by atoms with Crippen molar-refractivity contribution < 1.29 is 19.4 Å². The van der Waals surface area contributed by atoms with Gasteiger partial charge in [0.05, 0.1) is 18.2 Å². The molecule has 1 heterocycles. The van der Waals surface area contributed by atoms with Gasteiger partial charge in [0.2, 0.25) is 0 Å². The summed E-state index contributed by atoms with van der Waals surface area (Å²) >= 11 is 0. The highest BCUT2D eigenvalue weighted by Crippen LogP contribution is 2.44. The summed E-state index contributed by atoms with van der Waals surface area (Å²) in [6.07, 6.45) is 0.619. The van der Waals surface area contributed by atoms with Crippen molar-refractivity contribution in [3.05, 3.63) is 89.7 Å². The summed E-state index contributed by atoms with van der Waals surface area (Å²) < 4.78 is 5.50. The van der Waals surface area contributed by atoms with E-state index in [4.69, 9.17) is 9.84 Å². The Morgan fingerprint density at radius 2 is 1.59 bits per heavy atom. The molecule has 3 aromatic rings. The third-order valence-corrected chi connectivity index (χ3v) is 5.06. The van der Waals surface area contributed by atoms with Crippen molar-refractivity contribution in [2.75, 3.05) is 6.61 Å². The molecule has 2 aromatic carbocycles. The van der Waals surface area contributed by atoms with Gasteiger partial charge in [0.15, 0.2) is 0 Å². The van der Waals surface area contributed by atoms with Crippen LogP contribution in [0.5, 0.6) is 0 Å². The average Bonchev–Trinajstić information content (AvgIpc) is 3.06. The Bertz CT molecular complexity index is 990. The molecule has 0 saturated carbocycles. The molecule has 0 saturated heterocycles. The van der Waals surface area contributed by atoms with Crippen molar-refractivity contribution in [1.29, 1.82) is 0 Å². The number of carbonyl (C=O) groups excluding carboxylic acids is 1. The number of amides is 1. The number of aromatic nitrogens is 1. The summed E-state index contributed by atoms with van der Waals surface area (Å²) in [7, 11) is 0. The Morgan fingerprint density at radius 1 is 0.966 bits per heavy atom. The van der Waals surface area contributed by atoms with Crippen LogP contribution in [0, 0.1) is 0 Å². The second-order valence-electron chi connectivity index (χ2n) is 6.87. The molecule has 0 radical (unpaired) electrons. The van der Waals surface area contributed by atoms with Crippen molar-refractivity contribution in [1.82, 2.24) is 10.3 Å². The van der Waals surface area contributed by atoms with E-state index in [1.54, 1.807) is 24.4 Å². The number of ether oxygens (including phenoxy) is 1. The van der Waals surface area contributed by atoms with Crippen molar-refractivity contribution in [3.63, 3.8) is 0 Å². The predicted octanol–water partition coefficient (Wildman–Crippen LogP) is 4.14. The maximum absolute atomic E-state index is 12.4. The largest absolute Gasteiger partial charge is 0.481 e. The fraction of sp³-hybridized carbons (Fsp3) is 0.174. The lowest BCUT2D eigenvalue weighted by Gasteiger charge is -2.18. The number of fused-ring (bicyclic) bond motifs is 3. The lowest BCUT2D eigenvalue weighted by molar-refractivity contribution is -0.137. The average molecular weight is 388 g/mol. The second-order valence-corrected chi connectivity index (χ2v) is 6.87. The molecular formula is C23H20N2O4. The topological polar surface area (TPSA) is 88.5 Å². The number of aliphatic carboxylic acids is 1. The number of benzene rings is 2. The smallest absolute Gasteiger partial charge is 0.407 e. The molecule has 4 rings (SSSR count). The number of alkyl carbamates (subject to hydrolysis) is 1. The third-order valence-electron chi connectivity index (χ3n) is 5.06. The zero-order chi connectivity index (χ0) is 20.2. The molecule has 146 valence electrons. The molecule has 6 nitrogen and oxygen atoms in total.